The van der Waals surface area contributed by atoms with E-state index in [0.29, 0.717) is 27.1 Å². The van der Waals surface area contributed by atoms with Crippen LogP contribution in [0.2, 0.25) is 5.02 Å². The molecule has 2 N–H and O–H groups in total. The second kappa shape index (κ2) is 9.33. The maximum absolute atomic E-state index is 12.3. The molecule has 11 heteroatoms. The van der Waals surface area contributed by atoms with E-state index in [1.54, 1.807) is 29.6 Å². The molecule has 0 bridgehead atoms. The van der Waals surface area contributed by atoms with Crippen molar-refractivity contribution in [2.45, 2.75) is 6.42 Å². The van der Waals surface area contributed by atoms with E-state index in [4.69, 9.17) is 16.3 Å². The Morgan fingerprint density at radius 3 is 2.60 bits per heavy atom. The van der Waals surface area contributed by atoms with Gasteiger partial charge in [-0.05, 0) is 30.3 Å². The number of hydrogen-bond acceptors (Lipinski definition) is 7. The van der Waals surface area contributed by atoms with Gasteiger partial charge in [0.2, 0.25) is 5.91 Å². The molecule has 1 aromatic heterocycles. The molecular formula is C19H15ClN4O5S. The summed E-state index contributed by atoms with van der Waals surface area (Å²) >= 11 is 7.00. The van der Waals surface area contributed by atoms with E-state index < -0.39 is 4.92 Å². The molecule has 2 amide bonds. The normalized spacial score (nSPS) is 10.3. The van der Waals surface area contributed by atoms with Crippen molar-refractivity contribution in [1.29, 1.82) is 0 Å². The smallest absolute Gasteiger partial charge is 0.273 e. The van der Waals surface area contributed by atoms with E-state index in [0.717, 1.165) is 0 Å². The quantitative estimate of drug-likeness (QED) is 0.415. The second-order valence-electron chi connectivity index (χ2n) is 5.97. The van der Waals surface area contributed by atoms with Gasteiger partial charge in [0.25, 0.3) is 11.6 Å². The third kappa shape index (κ3) is 5.31. The number of nitro benzene ring substituents is 1. The zero-order valence-electron chi connectivity index (χ0n) is 15.5. The van der Waals surface area contributed by atoms with Crippen molar-refractivity contribution in [3.05, 3.63) is 74.2 Å². The fraction of sp³-hybridized carbons (Fsp3) is 0.105. The van der Waals surface area contributed by atoms with Crippen LogP contribution >= 0.6 is 22.9 Å². The topological polar surface area (TPSA) is 123 Å². The van der Waals surface area contributed by atoms with E-state index in [2.05, 4.69) is 15.6 Å². The maximum Gasteiger partial charge on any atom is 0.273 e. The molecule has 0 saturated heterocycles. The lowest BCUT2D eigenvalue weighted by Crippen LogP contribution is -2.15. The standard InChI is InChI=1S/C19H15ClN4O5S/c1-29-16-9-14(24(27)28)6-7-15(16)22-17(25)8-13-10-30-19(21-13)23-18(26)11-2-4-12(20)5-3-11/h2-7,9-10H,8H2,1H3,(H,22,25)(H,21,23,26). The molecule has 154 valence electrons. The number of rotatable bonds is 7. The molecule has 2 aromatic carbocycles. The highest BCUT2D eigenvalue weighted by molar-refractivity contribution is 7.14. The summed E-state index contributed by atoms with van der Waals surface area (Å²) in [7, 11) is 1.35. The SMILES string of the molecule is COc1cc([N+](=O)[O-])ccc1NC(=O)Cc1csc(NC(=O)c2ccc(Cl)cc2)n1. The molecule has 3 aromatic rings. The first kappa shape index (κ1) is 21.2. The second-order valence-corrected chi connectivity index (χ2v) is 7.27. The summed E-state index contributed by atoms with van der Waals surface area (Å²) in [5.41, 5.74) is 1.05. The molecule has 0 aliphatic rings. The van der Waals surface area contributed by atoms with Crippen molar-refractivity contribution < 1.29 is 19.2 Å². The molecule has 9 nitrogen and oxygen atoms in total. The number of amides is 2. The Bertz CT molecular complexity index is 1100. The van der Waals surface area contributed by atoms with Gasteiger partial charge in [-0.15, -0.1) is 11.3 Å². The molecule has 3 rings (SSSR count). The molecule has 0 atom stereocenters. The predicted octanol–water partition coefficient (Wildman–Crippen LogP) is 4.15. The van der Waals surface area contributed by atoms with Crippen molar-refractivity contribution in [3.63, 3.8) is 0 Å². The number of nitrogens with one attached hydrogen (secondary N) is 2. The van der Waals surface area contributed by atoms with Gasteiger partial charge >= 0.3 is 0 Å². The van der Waals surface area contributed by atoms with Crippen molar-refractivity contribution in [1.82, 2.24) is 4.98 Å². The van der Waals surface area contributed by atoms with Crippen LogP contribution < -0.4 is 15.4 Å². The number of non-ortho nitro benzene ring substituents is 1. The lowest BCUT2D eigenvalue weighted by Gasteiger charge is -2.09. The Kier molecular flexibility index (Phi) is 6.60. The van der Waals surface area contributed by atoms with Gasteiger partial charge < -0.3 is 10.1 Å². The summed E-state index contributed by atoms with van der Waals surface area (Å²) in [5.74, 6) is -0.553. The third-order valence-corrected chi connectivity index (χ3v) is 4.95. The van der Waals surface area contributed by atoms with Crippen LogP contribution in [0.15, 0.2) is 47.8 Å². The average molecular weight is 447 g/mol. The molecule has 0 radical (unpaired) electrons. The zero-order chi connectivity index (χ0) is 21.7. The Balaban J connectivity index is 1.61. The monoisotopic (exact) mass is 446 g/mol. The minimum atomic E-state index is -0.552. The van der Waals surface area contributed by atoms with Crippen molar-refractivity contribution in [2.75, 3.05) is 17.7 Å². The van der Waals surface area contributed by atoms with E-state index in [1.807, 2.05) is 0 Å². The van der Waals surface area contributed by atoms with Crippen LogP contribution in [0.1, 0.15) is 16.1 Å². The Hall–Kier alpha value is -3.50. The Morgan fingerprint density at radius 2 is 1.93 bits per heavy atom. The van der Waals surface area contributed by atoms with Gasteiger partial charge in [-0.3, -0.25) is 25.0 Å². The molecule has 0 spiro atoms. The molecule has 30 heavy (non-hydrogen) atoms. The van der Waals surface area contributed by atoms with E-state index in [1.165, 1.54) is 36.6 Å². The first-order valence-corrected chi connectivity index (χ1v) is 9.75. The number of carbonyl (C=O) groups excluding carboxylic acids is 2. The molecular weight excluding hydrogens is 432 g/mol. The van der Waals surface area contributed by atoms with E-state index in [9.17, 15) is 19.7 Å². The van der Waals surface area contributed by atoms with Gasteiger partial charge in [0.05, 0.1) is 35.9 Å². The summed E-state index contributed by atoms with van der Waals surface area (Å²) in [4.78, 5) is 39.1. The number of nitrogens with zero attached hydrogens (tertiary/aromatic N) is 2. The van der Waals surface area contributed by atoms with Crippen molar-refractivity contribution >= 4 is 51.3 Å². The average Bonchev–Trinajstić information content (AvgIpc) is 3.15. The maximum atomic E-state index is 12.3. The van der Waals surface area contributed by atoms with Gasteiger partial charge in [0, 0.05) is 22.0 Å². The predicted molar refractivity (Wildman–Crippen MR) is 114 cm³/mol. The van der Waals surface area contributed by atoms with Crippen LogP contribution in [0.25, 0.3) is 0 Å². The molecule has 0 unspecified atom stereocenters. The Labute approximate surface area is 179 Å². The van der Waals surface area contributed by atoms with Gasteiger partial charge in [-0.25, -0.2) is 4.98 Å². The van der Waals surface area contributed by atoms with E-state index in [-0.39, 0.29) is 29.7 Å². The van der Waals surface area contributed by atoms with Crippen LogP contribution in [0.5, 0.6) is 5.75 Å². The van der Waals surface area contributed by atoms with Gasteiger partial charge in [0.1, 0.15) is 5.75 Å². The van der Waals surface area contributed by atoms with Crippen molar-refractivity contribution in [2.24, 2.45) is 0 Å². The van der Waals surface area contributed by atoms with Crippen LogP contribution in [0, 0.1) is 10.1 Å². The third-order valence-electron chi connectivity index (χ3n) is 3.89. The molecule has 0 aliphatic carbocycles. The largest absolute Gasteiger partial charge is 0.494 e. The van der Waals surface area contributed by atoms with E-state index >= 15 is 0 Å². The highest BCUT2D eigenvalue weighted by Gasteiger charge is 2.15. The number of nitro groups is 1. The van der Waals surface area contributed by atoms with Crippen LogP contribution in [0.3, 0.4) is 0 Å². The minimum absolute atomic E-state index is 0.0482. The molecule has 0 saturated carbocycles. The number of thiazole rings is 1. The lowest BCUT2D eigenvalue weighted by atomic mass is 10.2. The minimum Gasteiger partial charge on any atom is -0.494 e. The summed E-state index contributed by atoms with van der Waals surface area (Å²) in [6.07, 6.45) is -0.0482. The number of aromatic nitrogens is 1. The first-order valence-electron chi connectivity index (χ1n) is 8.49. The first-order chi connectivity index (χ1) is 14.4. The molecule has 0 aliphatic heterocycles. The lowest BCUT2D eigenvalue weighted by molar-refractivity contribution is -0.384. The number of halogens is 1. The van der Waals surface area contributed by atoms with Gasteiger partial charge in [-0.2, -0.15) is 0 Å². The number of hydrogen-bond donors (Lipinski definition) is 2. The van der Waals surface area contributed by atoms with Crippen LogP contribution in [-0.4, -0.2) is 28.8 Å². The summed E-state index contributed by atoms with van der Waals surface area (Å²) in [5, 5.41) is 18.7. The highest BCUT2D eigenvalue weighted by Crippen LogP contribution is 2.29. The molecule has 0 fully saturated rings. The van der Waals surface area contributed by atoms with Crippen molar-refractivity contribution in [3.8, 4) is 5.75 Å². The van der Waals surface area contributed by atoms with Crippen LogP contribution in [-0.2, 0) is 11.2 Å². The fourth-order valence-electron chi connectivity index (χ4n) is 2.47. The van der Waals surface area contributed by atoms with Gasteiger partial charge in [-0.1, -0.05) is 11.6 Å². The number of ether oxygens (including phenoxy) is 1. The highest BCUT2D eigenvalue weighted by atomic mass is 35.5. The van der Waals surface area contributed by atoms with Gasteiger partial charge in [0.15, 0.2) is 5.13 Å². The number of carbonyl (C=O) groups is 2. The fourth-order valence-corrected chi connectivity index (χ4v) is 3.30. The number of methoxy groups -OCH3 is 1. The molecule has 1 heterocycles. The van der Waals surface area contributed by atoms with Crippen LogP contribution in [0.4, 0.5) is 16.5 Å². The summed E-state index contributed by atoms with van der Waals surface area (Å²) in [6, 6.07) is 10.3. The summed E-state index contributed by atoms with van der Waals surface area (Å²) in [6.45, 7) is 0. The Morgan fingerprint density at radius 1 is 1.20 bits per heavy atom. The zero-order valence-corrected chi connectivity index (χ0v) is 17.1. The number of benzene rings is 2. The summed E-state index contributed by atoms with van der Waals surface area (Å²) < 4.78 is 5.10. The number of anilines is 2.